The molecule has 12 heteroatoms. The van der Waals surface area contributed by atoms with Crippen LogP contribution in [0.1, 0.15) is 95.0 Å². The molecule has 12 nitrogen and oxygen atoms in total. The van der Waals surface area contributed by atoms with Crippen LogP contribution >= 0.6 is 0 Å². The molecule has 6 aliphatic rings. The summed E-state index contributed by atoms with van der Waals surface area (Å²) in [4.78, 5) is 44.4. The van der Waals surface area contributed by atoms with E-state index in [4.69, 9.17) is 14.2 Å². The number of ketones is 3. The monoisotopic (exact) mass is 616 g/mol. The first-order valence-electron chi connectivity index (χ1n) is 15.1. The molecule has 2 aromatic carbocycles. The third-order valence-corrected chi connectivity index (χ3v) is 10.5. The van der Waals surface area contributed by atoms with Crippen LogP contribution in [0.5, 0.6) is 11.5 Å². The Labute approximate surface area is 257 Å². The number of carbonyl (C=O) groups excluding carboxylic acids is 3. The summed E-state index contributed by atoms with van der Waals surface area (Å²) in [5.41, 5.74) is -2.98. The summed E-state index contributed by atoms with van der Waals surface area (Å²) in [6.07, 6.45) is -1.93. The lowest BCUT2D eigenvalue weighted by Gasteiger charge is -2.46. The maximum absolute atomic E-state index is 13.8. The normalized spacial score (nSPS) is 37.4. The zero-order valence-electron chi connectivity index (χ0n) is 24.8. The third kappa shape index (κ3) is 3.59. The number of hydrogen-bond donors (Lipinski definition) is 5. The number of rotatable bonds is 3. The molecule has 0 aromatic heterocycles. The van der Waals surface area contributed by atoms with Crippen molar-refractivity contribution in [3.05, 3.63) is 69.3 Å². The van der Waals surface area contributed by atoms with Gasteiger partial charge in [0, 0.05) is 35.6 Å². The Morgan fingerprint density at radius 2 is 1.91 bits per heavy atom. The highest BCUT2D eigenvalue weighted by molar-refractivity contribution is 6.30. The van der Waals surface area contributed by atoms with Gasteiger partial charge < -0.3 is 40.0 Å². The Bertz CT molecular complexity index is 1800. The molecule has 45 heavy (non-hydrogen) atoms. The number of phenolic OH excluding ortho intramolecular Hbond substituents is 2. The van der Waals surface area contributed by atoms with Crippen molar-refractivity contribution in [3.8, 4) is 11.5 Å². The molecule has 1 spiro atoms. The predicted molar refractivity (Wildman–Crippen MR) is 155 cm³/mol. The summed E-state index contributed by atoms with van der Waals surface area (Å²) < 4.78 is 19.3. The van der Waals surface area contributed by atoms with Crippen molar-refractivity contribution in [2.24, 2.45) is 4.99 Å². The van der Waals surface area contributed by atoms with Crippen molar-refractivity contribution >= 4 is 23.2 Å². The SMILES string of the molecule is CC(=O)[C@@]1(O)C(C)OC(O[C@@H]2c3cc4c(c(O)c3[C@@H]3C[C@@]2(C)O[C@]32C=C3CCN=C3N2)C(=O)c2cccc(O)c2C4=O)C[C@H]1O. The van der Waals surface area contributed by atoms with E-state index in [2.05, 4.69) is 10.3 Å². The van der Waals surface area contributed by atoms with E-state index in [0.717, 1.165) is 12.0 Å². The quantitative estimate of drug-likeness (QED) is 0.290. The average Bonchev–Trinajstić information content (AvgIpc) is 3.62. The molecule has 4 heterocycles. The molecular weight excluding hydrogens is 584 g/mol. The predicted octanol–water partition coefficient (Wildman–Crippen LogP) is 2.05. The van der Waals surface area contributed by atoms with Crippen LogP contribution in [-0.2, 0) is 19.0 Å². The first-order chi connectivity index (χ1) is 21.3. The first-order valence-corrected chi connectivity index (χ1v) is 15.1. The zero-order chi connectivity index (χ0) is 31.8. The maximum Gasteiger partial charge on any atom is 0.198 e. The van der Waals surface area contributed by atoms with Gasteiger partial charge in [0.2, 0.25) is 0 Å². The number of aliphatic hydroxyl groups excluding tert-OH is 1. The Kier molecular flexibility index (Phi) is 5.75. The van der Waals surface area contributed by atoms with E-state index in [9.17, 15) is 34.8 Å². The second-order valence-electron chi connectivity index (χ2n) is 13.1. The number of fused-ring (bicyclic) bond motifs is 8. The van der Waals surface area contributed by atoms with Gasteiger partial charge in [-0.3, -0.25) is 19.4 Å². The third-order valence-electron chi connectivity index (χ3n) is 10.5. The van der Waals surface area contributed by atoms with E-state index >= 15 is 0 Å². The molecule has 0 radical (unpaired) electrons. The minimum Gasteiger partial charge on any atom is -0.507 e. The summed E-state index contributed by atoms with van der Waals surface area (Å²) in [7, 11) is 0. The van der Waals surface area contributed by atoms with E-state index in [1.165, 1.54) is 38.1 Å². The number of aromatic hydroxyl groups is 2. The summed E-state index contributed by atoms with van der Waals surface area (Å²) in [5.74, 6) is -2.39. The smallest absolute Gasteiger partial charge is 0.198 e. The molecule has 234 valence electrons. The van der Waals surface area contributed by atoms with Crippen molar-refractivity contribution in [2.45, 2.75) is 87.5 Å². The lowest BCUT2D eigenvalue weighted by atomic mass is 9.69. The van der Waals surface area contributed by atoms with Crippen molar-refractivity contribution < 1.29 is 49.0 Å². The van der Waals surface area contributed by atoms with Crippen molar-refractivity contribution in [3.63, 3.8) is 0 Å². The van der Waals surface area contributed by atoms with Crippen LogP contribution in [0.25, 0.3) is 0 Å². The van der Waals surface area contributed by atoms with Crippen LogP contribution in [0.4, 0.5) is 0 Å². The minimum absolute atomic E-state index is 0.00452. The molecule has 0 amide bonds. The van der Waals surface area contributed by atoms with Gasteiger partial charge in [-0.05, 0) is 63.0 Å². The second kappa shape index (κ2) is 9.08. The highest BCUT2D eigenvalue weighted by Gasteiger charge is 2.65. The Balaban J connectivity index is 1.29. The van der Waals surface area contributed by atoms with Gasteiger partial charge in [-0.1, -0.05) is 12.1 Å². The maximum atomic E-state index is 13.8. The number of aliphatic hydroxyl groups is 2. The number of phenols is 2. The highest BCUT2D eigenvalue weighted by atomic mass is 16.7. The van der Waals surface area contributed by atoms with Gasteiger partial charge in [0.15, 0.2) is 35.0 Å². The molecule has 0 saturated carbocycles. The largest absolute Gasteiger partial charge is 0.507 e. The Morgan fingerprint density at radius 3 is 2.62 bits per heavy atom. The van der Waals surface area contributed by atoms with Gasteiger partial charge in [0.05, 0.1) is 28.9 Å². The van der Waals surface area contributed by atoms with E-state index in [1.54, 1.807) is 0 Å². The number of Topliss-reactive ketones (excluding diaryl/α,β-unsaturated/α-hetero) is 1. The van der Waals surface area contributed by atoms with Crippen molar-refractivity contribution in [1.82, 2.24) is 5.32 Å². The van der Waals surface area contributed by atoms with Crippen molar-refractivity contribution in [1.29, 1.82) is 0 Å². The van der Waals surface area contributed by atoms with Crippen LogP contribution < -0.4 is 5.32 Å². The van der Waals surface area contributed by atoms with E-state index in [-0.39, 0.29) is 40.2 Å². The first kappa shape index (κ1) is 28.5. The fourth-order valence-electron chi connectivity index (χ4n) is 8.28. The van der Waals surface area contributed by atoms with Crippen LogP contribution in [-0.4, -0.2) is 85.6 Å². The Morgan fingerprint density at radius 1 is 1.16 bits per heavy atom. The molecule has 2 aliphatic carbocycles. The topological polar surface area (TPSA) is 184 Å². The van der Waals surface area contributed by atoms with Crippen LogP contribution in [0, 0.1) is 0 Å². The molecule has 2 bridgehead atoms. The fourth-order valence-corrected chi connectivity index (χ4v) is 8.28. The lowest BCUT2D eigenvalue weighted by molar-refractivity contribution is -0.301. The number of aliphatic imine (C=N–C) groups is 1. The molecule has 2 aromatic rings. The molecule has 8 atom stereocenters. The Hall–Kier alpha value is -3.94. The molecule has 2 saturated heterocycles. The number of hydrogen-bond acceptors (Lipinski definition) is 12. The van der Waals surface area contributed by atoms with Crippen LogP contribution in [0.3, 0.4) is 0 Å². The van der Waals surface area contributed by atoms with E-state index < -0.39 is 64.8 Å². The van der Waals surface area contributed by atoms with E-state index in [0.29, 0.717) is 29.9 Å². The molecule has 5 N–H and O–H groups in total. The number of carbonyl (C=O) groups is 3. The molecule has 2 fully saturated rings. The highest BCUT2D eigenvalue weighted by Crippen LogP contribution is 2.63. The minimum atomic E-state index is -2.12. The summed E-state index contributed by atoms with van der Waals surface area (Å²) >= 11 is 0. The number of amidine groups is 1. The number of nitrogens with zero attached hydrogens (tertiary/aromatic N) is 1. The van der Waals surface area contributed by atoms with Gasteiger partial charge in [0.25, 0.3) is 0 Å². The molecule has 8 rings (SSSR count). The number of benzene rings is 2. The van der Waals surface area contributed by atoms with Gasteiger partial charge >= 0.3 is 0 Å². The number of ether oxygens (including phenoxy) is 3. The molecular formula is C33H32N2O10. The summed E-state index contributed by atoms with van der Waals surface area (Å²) in [5, 5.41) is 47.7. The fraction of sp³-hybridized carbons (Fsp3) is 0.455. The van der Waals surface area contributed by atoms with E-state index in [1.807, 2.05) is 13.0 Å². The molecule has 2 unspecified atom stereocenters. The zero-order valence-corrected chi connectivity index (χ0v) is 24.8. The van der Waals surface area contributed by atoms with Crippen LogP contribution in [0.2, 0.25) is 0 Å². The van der Waals surface area contributed by atoms with Gasteiger partial charge in [-0.15, -0.1) is 0 Å². The molecule has 4 aliphatic heterocycles. The number of nitrogens with one attached hydrogen (secondary N) is 1. The average molecular weight is 617 g/mol. The summed E-state index contributed by atoms with van der Waals surface area (Å²) in [6.45, 7) is 5.13. The second-order valence-corrected chi connectivity index (χ2v) is 13.1. The van der Waals surface area contributed by atoms with Gasteiger partial charge in [-0.25, -0.2) is 0 Å². The van der Waals surface area contributed by atoms with Gasteiger partial charge in [0.1, 0.15) is 23.4 Å². The van der Waals surface area contributed by atoms with Crippen LogP contribution in [0.15, 0.2) is 40.9 Å². The standard InChI is InChI=1S/C33H32N2O10/c1-13(36)33(42)14(2)43-22(10-21(33)38)44-29-18-9-17-25(26(39)16-5-4-6-20(37)24(16)27(17)40)28(41)23(18)19-12-31(29,3)45-32(19)11-15-7-8-34-30(15)35-32/h4-6,9,11,14,19,21-22,29,37-38,41-42H,7-8,10,12H2,1-3H3,(H,34,35)/t14?,19-,21+,22?,29+,31+,32+,33+/m0/s1. The lowest BCUT2D eigenvalue weighted by Crippen LogP contribution is -2.62. The van der Waals surface area contributed by atoms with Crippen molar-refractivity contribution in [2.75, 3.05) is 6.54 Å². The van der Waals surface area contributed by atoms with Gasteiger partial charge in [-0.2, -0.15) is 0 Å². The summed E-state index contributed by atoms with van der Waals surface area (Å²) in [6, 6.07) is 5.76.